The first-order chi connectivity index (χ1) is 5.68. The first kappa shape index (κ1) is 11.5. The summed E-state index contributed by atoms with van der Waals surface area (Å²) >= 11 is 0. The average Bonchev–Trinajstić information content (AvgIpc) is 1.79. The van der Waals surface area contributed by atoms with Gasteiger partial charge >= 0.3 is 0 Å². The second-order valence-corrected chi connectivity index (χ2v) is 17.8. The molecular formula is C11H26Si2. The van der Waals surface area contributed by atoms with Gasteiger partial charge in [-0.05, 0) is 5.41 Å². The zero-order valence-electron chi connectivity index (χ0n) is 10.3. The Morgan fingerprint density at radius 2 is 1.38 bits per heavy atom. The molecule has 1 saturated heterocycles. The van der Waals surface area contributed by atoms with E-state index in [1.54, 1.807) is 17.8 Å². The van der Waals surface area contributed by atoms with Gasteiger partial charge in [0.05, 0.1) is 0 Å². The van der Waals surface area contributed by atoms with Crippen molar-refractivity contribution in [1.82, 2.24) is 0 Å². The first-order valence-electron chi connectivity index (χ1n) is 5.68. The van der Waals surface area contributed by atoms with Gasteiger partial charge in [-0.25, -0.2) is 0 Å². The quantitative estimate of drug-likeness (QED) is 0.569. The molecule has 1 fully saturated rings. The van der Waals surface area contributed by atoms with Gasteiger partial charge in [-0.1, -0.05) is 64.2 Å². The zero-order valence-corrected chi connectivity index (χ0v) is 12.3. The number of hydrogen-bond donors (Lipinski definition) is 0. The van der Waals surface area contributed by atoms with Crippen LogP contribution >= 0.6 is 0 Å². The van der Waals surface area contributed by atoms with Crippen molar-refractivity contribution >= 4 is 16.1 Å². The lowest BCUT2D eigenvalue weighted by Crippen LogP contribution is -2.50. The van der Waals surface area contributed by atoms with Gasteiger partial charge in [0.15, 0.2) is 0 Å². The Kier molecular flexibility index (Phi) is 2.86. The van der Waals surface area contributed by atoms with Crippen LogP contribution in [-0.4, -0.2) is 16.1 Å². The maximum absolute atomic E-state index is 2.61. The Bertz CT molecular complexity index is 178. The summed E-state index contributed by atoms with van der Waals surface area (Å²) in [6.45, 7) is 15.4. The third-order valence-electron chi connectivity index (χ3n) is 3.62. The number of hydrogen-bond acceptors (Lipinski definition) is 0. The maximum atomic E-state index is 2.61. The highest BCUT2D eigenvalue weighted by Gasteiger charge is 2.45. The van der Waals surface area contributed by atoms with E-state index < -0.39 is 16.1 Å². The van der Waals surface area contributed by atoms with Crippen molar-refractivity contribution in [1.29, 1.82) is 0 Å². The van der Waals surface area contributed by atoms with E-state index in [0.717, 1.165) is 0 Å². The van der Waals surface area contributed by atoms with Gasteiger partial charge in [0, 0.05) is 16.1 Å². The molecule has 1 rings (SSSR count). The normalized spacial score (nSPS) is 30.0. The molecule has 0 amide bonds. The molecule has 1 heterocycles. The van der Waals surface area contributed by atoms with Crippen LogP contribution in [0.15, 0.2) is 0 Å². The highest BCUT2D eigenvalue weighted by molar-refractivity contribution is 6.96. The Morgan fingerprint density at radius 3 is 1.69 bits per heavy atom. The van der Waals surface area contributed by atoms with Crippen LogP contribution in [0.2, 0.25) is 43.9 Å². The SMILES string of the molecule is CCC1(C)C[Si](C)(C)C[Si](C)(C)C1. The van der Waals surface area contributed by atoms with Gasteiger partial charge in [0.2, 0.25) is 0 Å². The van der Waals surface area contributed by atoms with Crippen LogP contribution < -0.4 is 0 Å². The van der Waals surface area contributed by atoms with Crippen molar-refractivity contribution in [3.8, 4) is 0 Å². The summed E-state index contributed by atoms with van der Waals surface area (Å²) in [5, 5.41) is 0. The van der Waals surface area contributed by atoms with E-state index in [2.05, 4.69) is 40.0 Å². The van der Waals surface area contributed by atoms with Crippen molar-refractivity contribution in [2.45, 2.75) is 64.2 Å². The minimum atomic E-state index is -0.821. The van der Waals surface area contributed by atoms with Crippen LogP contribution in [-0.2, 0) is 0 Å². The molecule has 0 saturated carbocycles. The summed E-state index contributed by atoms with van der Waals surface area (Å²) in [6.07, 6.45) is 1.40. The van der Waals surface area contributed by atoms with Crippen LogP contribution in [0, 0.1) is 5.41 Å². The molecule has 0 N–H and O–H groups in total. The molecule has 0 spiro atoms. The smallest absolute Gasteiger partial charge is 0.0452 e. The molecule has 0 nitrogen and oxygen atoms in total. The lowest BCUT2D eigenvalue weighted by molar-refractivity contribution is 0.380. The summed E-state index contributed by atoms with van der Waals surface area (Å²) in [4.78, 5) is 0. The molecule has 0 aromatic rings. The molecule has 0 aromatic heterocycles. The Labute approximate surface area is 86.1 Å². The molecule has 78 valence electrons. The van der Waals surface area contributed by atoms with Gasteiger partial charge in [0.25, 0.3) is 0 Å². The second kappa shape index (κ2) is 3.23. The zero-order chi connectivity index (χ0) is 10.3. The van der Waals surface area contributed by atoms with Crippen molar-refractivity contribution in [2.75, 3.05) is 0 Å². The summed E-state index contributed by atoms with van der Waals surface area (Å²) < 4.78 is 0. The van der Waals surface area contributed by atoms with Gasteiger partial charge in [-0.15, -0.1) is 0 Å². The molecule has 0 aromatic carbocycles. The van der Waals surface area contributed by atoms with E-state index in [1.807, 2.05) is 0 Å². The predicted molar refractivity (Wildman–Crippen MR) is 67.8 cm³/mol. The van der Waals surface area contributed by atoms with Crippen LogP contribution in [0.1, 0.15) is 20.3 Å². The van der Waals surface area contributed by atoms with Crippen molar-refractivity contribution in [3.63, 3.8) is 0 Å². The minimum Gasteiger partial charge on any atom is -0.0695 e. The van der Waals surface area contributed by atoms with Crippen LogP contribution in [0.3, 0.4) is 0 Å². The second-order valence-electron chi connectivity index (χ2n) is 7.02. The monoisotopic (exact) mass is 214 g/mol. The third-order valence-corrected chi connectivity index (χ3v) is 14.9. The van der Waals surface area contributed by atoms with Crippen molar-refractivity contribution < 1.29 is 0 Å². The van der Waals surface area contributed by atoms with E-state index in [1.165, 1.54) is 6.42 Å². The average molecular weight is 215 g/mol. The van der Waals surface area contributed by atoms with Gasteiger partial charge in [-0.2, -0.15) is 0 Å². The topological polar surface area (TPSA) is 0 Å². The molecule has 0 bridgehead atoms. The summed E-state index contributed by atoms with van der Waals surface area (Å²) in [5.41, 5.74) is 2.37. The van der Waals surface area contributed by atoms with Gasteiger partial charge < -0.3 is 0 Å². The minimum absolute atomic E-state index is 0.712. The summed E-state index contributed by atoms with van der Waals surface area (Å²) in [7, 11) is -1.64. The molecule has 0 unspecified atom stereocenters. The fraction of sp³-hybridized carbons (Fsp3) is 1.00. The lowest BCUT2D eigenvalue weighted by Gasteiger charge is -2.48. The molecule has 0 atom stereocenters. The van der Waals surface area contributed by atoms with Crippen LogP contribution in [0.4, 0.5) is 0 Å². The third kappa shape index (κ3) is 2.95. The molecule has 2 heteroatoms. The molecule has 0 aliphatic carbocycles. The lowest BCUT2D eigenvalue weighted by atomic mass is 9.92. The maximum Gasteiger partial charge on any atom is 0.0452 e. The van der Waals surface area contributed by atoms with E-state index in [0.29, 0.717) is 5.41 Å². The Hall–Kier alpha value is 0.434. The fourth-order valence-corrected chi connectivity index (χ4v) is 21.0. The largest absolute Gasteiger partial charge is 0.0695 e. The molecule has 1 aliphatic heterocycles. The van der Waals surface area contributed by atoms with Gasteiger partial charge in [0.1, 0.15) is 0 Å². The van der Waals surface area contributed by atoms with Crippen molar-refractivity contribution in [2.24, 2.45) is 5.41 Å². The molecule has 1 aliphatic rings. The fourth-order valence-electron chi connectivity index (χ4n) is 4.04. The Balaban J connectivity index is 2.84. The molecule has 0 radical (unpaired) electrons. The van der Waals surface area contributed by atoms with E-state index in [4.69, 9.17) is 0 Å². The summed E-state index contributed by atoms with van der Waals surface area (Å²) in [6, 6.07) is 3.15. The van der Waals surface area contributed by atoms with Gasteiger partial charge in [-0.3, -0.25) is 0 Å². The van der Waals surface area contributed by atoms with Crippen molar-refractivity contribution in [3.05, 3.63) is 0 Å². The summed E-state index contributed by atoms with van der Waals surface area (Å²) in [5.74, 6) is 0. The molecular weight excluding hydrogens is 188 g/mol. The predicted octanol–water partition coefficient (Wildman–Crippen LogP) is 4.37. The highest BCUT2D eigenvalue weighted by Crippen LogP contribution is 2.48. The van der Waals surface area contributed by atoms with E-state index >= 15 is 0 Å². The standard InChI is InChI=1S/C11H26Si2/c1-7-11(2)8-12(3,4)10-13(5,6)9-11/h7-10H2,1-6H3. The first-order valence-corrected chi connectivity index (χ1v) is 12.5. The van der Waals surface area contributed by atoms with Crippen LogP contribution in [0.5, 0.6) is 0 Å². The van der Waals surface area contributed by atoms with E-state index in [-0.39, 0.29) is 0 Å². The van der Waals surface area contributed by atoms with Crippen LogP contribution in [0.25, 0.3) is 0 Å². The van der Waals surface area contributed by atoms with E-state index in [9.17, 15) is 0 Å². The Morgan fingerprint density at radius 1 is 1.00 bits per heavy atom. The molecule has 13 heavy (non-hydrogen) atoms. The highest BCUT2D eigenvalue weighted by atomic mass is 28.4. The number of rotatable bonds is 1.